The van der Waals surface area contributed by atoms with Gasteiger partial charge in [-0.25, -0.2) is 4.79 Å². The molecule has 8 nitrogen and oxygen atoms in total. The lowest BCUT2D eigenvalue weighted by molar-refractivity contribution is -0.148. The van der Waals surface area contributed by atoms with Crippen LogP contribution < -0.4 is 4.90 Å². The minimum absolute atomic E-state index is 0.219. The summed E-state index contributed by atoms with van der Waals surface area (Å²) in [5.41, 5.74) is 2.69. The molecule has 0 fully saturated rings. The van der Waals surface area contributed by atoms with E-state index in [0.29, 0.717) is 12.4 Å². The van der Waals surface area contributed by atoms with Crippen molar-refractivity contribution in [1.82, 2.24) is 20.2 Å². The second-order valence-electron chi connectivity index (χ2n) is 6.14. The van der Waals surface area contributed by atoms with Gasteiger partial charge in [0.1, 0.15) is 0 Å². The Balaban J connectivity index is 1.54. The Labute approximate surface area is 162 Å². The number of esters is 1. The van der Waals surface area contributed by atoms with E-state index in [2.05, 4.69) is 15.4 Å². The van der Waals surface area contributed by atoms with Crippen LogP contribution in [0.1, 0.15) is 12.5 Å². The first-order valence-corrected chi connectivity index (χ1v) is 8.92. The number of carbonyl (C=O) groups is 2. The van der Waals surface area contributed by atoms with Crippen LogP contribution in [-0.4, -0.2) is 45.2 Å². The second-order valence-corrected chi connectivity index (χ2v) is 6.14. The molecule has 0 aliphatic rings. The summed E-state index contributed by atoms with van der Waals surface area (Å²) in [5.74, 6) is -0.482. The largest absolute Gasteiger partial charge is 0.454 e. The number of aryl methyl sites for hydroxylation is 1. The summed E-state index contributed by atoms with van der Waals surface area (Å²) in [7, 11) is 0. The van der Waals surface area contributed by atoms with Gasteiger partial charge in [-0.1, -0.05) is 48.0 Å². The molecule has 2 aromatic carbocycles. The monoisotopic (exact) mass is 379 g/mol. The average Bonchev–Trinajstić information content (AvgIpc) is 3.17. The Morgan fingerprint density at radius 3 is 2.46 bits per heavy atom. The highest BCUT2D eigenvalue weighted by molar-refractivity contribution is 5.95. The number of para-hydroxylation sites is 1. The Morgan fingerprint density at radius 1 is 1.07 bits per heavy atom. The molecule has 0 N–H and O–H groups in total. The van der Waals surface area contributed by atoms with Gasteiger partial charge in [0, 0.05) is 17.8 Å². The minimum Gasteiger partial charge on any atom is -0.454 e. The van der Waals surface area contributed by atoms with E-state index in [-0.39, 0.29) is 19.1 Å². The summed E-state index contributed by atoms with van der Waals surface area (Å²) in [6, 6.07) is 16.9. The van der Waals surface area contributed by atoms with Crippen LogP contribution in [0.4, 0.5) is 5.69 Å². The fourth-order valence-electron chi connectivity index (χ4n) is 2.62. The van der Waals surface area contributed by atoms with Gasteiger partial charge in [0.2, 0.25) is 5.82 Å². The minimum atomic E-state index is -0.606. The van der Waals surface area contributed by atoms with Crippen LogP contribution in [0.15, 0.2) is 54.6 Å². The molecule has 0 bridgehead atoms. The van der Waals surface area contributed by atoms with Crippen molar-refractivity contribution >= 4 is 17.6 Å². The highest BCUT2D eigenvalue weighted by atomic mass is 16.5. The Kier molecular flexibility index (Phi) is 6.11. The van der Waals surface area contributed by atoms with Crippen molar-refractivity contribution in [3.8, 4) is 11.4 Å². The Morgan fingerprint density at radius 2 is 1.79 bits per heavy atom. The van der Waals surface area contributed by atoms with Crippen LogP contribution in [0.25, 0.3) is 11.4 Å². The van der Waals surface area contributed by atoms with E-state index in [9.17, 15) is 9.59 Å². The zero-order valence-electron chi connectivity index (χ0n) is 15.8. The lowest BCUT2D eigenvalue weighted by Crippen LogP contribution is -2.35. The highest BCUT2D eigenvalue weighted by Gasteiger charge is 2.17. The molecule has 3 rings (SSSR count). The van der Waals surface area contributed by atoms with Crippen LogP contribution in [0.5, 0.6) is 0 Å². The first kappa shape index (κ1) is 19.2. The number of amides is 1. The summed E-state index contributed by atoms with van der Waals surface area (Å²) < 4.78 is 5.08. The fourth-order valence-corrected chi connectivity index (χ4v) is 2.62. The molecule has 28 heavy (non-hydrogen) atoms. The molecular formula is C20H21N5O3. The van der Waals surface area contributed by atoms with Crippen molar-refractivity contribution < 1.29 is 14.3 Å². The van der Waals surface area contributed by atoms with Gasteiger partial charge in [-0.05, 0) is 31.2 Å². The topological polar surface area (TPSA) is 90.2 Å². The van der Waals surface area contributed by atoms with E-state index in [1.165, 1.54) is 0 Å². The number of likely N-dealkylation sites (N-methyl/N-ethyl adjacent to an activating group) is 1. The van der Waals surface area contributed by atoms with Crippen LogP contribution in [0.2, 0.25) is 0 Å². The second kappa shape index (κ2) is 8.90. The van der Waals surface area contributed by atoms with Crippen molar-refractivity contribution in [2.75, 3.05) is 18.1 Å². The molecule has 1 aromatic heterocycles. The summed E-state index contributed by atoms with van der Waals surface area (Å²) in [5, 5.41) is 12.0. The Hall–Kier alpha value is -3.55. The molecule has 0 spiro atoms. The van der Waals surface area contributed by atoms with Crippen LogP contribution in [0.3, 0.4) is 0 Å². The van der Waals surface area contributed by atoms with E-state index < -0.39 is 5.97 Å². The summed E-state index contributed by atoms with van der Waals surface area (Å²) >= 11 is 0. The van der Waals surface area contributed by atoms with E-state index in [1.54, 1.807) is 4.90 Å². The maximum absolute atomic E-state index is 12.3. The van der Waals surface area contributed by atoms with Crippen molar-refractivity contribution in [2.24, 2.45) is 0 Å². The van der Waals surface area contributed by atoms with Gasteiger partial charge in [0.25, 0.3) is 5.91 Å². The number of anilines is 1. The molecule has 0 radical (unpaired) electrons. The average molecular weight is 379 g/mol. The molecule has 144 valence electrons. The molecule has 1 amide bonds. The van der Waals surface area contributed by atoms with Crippen LogP contribution in [-0.2, 0) is 20.9 Å². The normalized spacial score (nSPS) is 10.5. The number of aromatic nitrogens is 4. The molecule has 1 heterocycles. The van der Waals surface area contributed by atoms with Crippen molar-refractivity contribution in [3.05, 3.63) is 60.2 Å². The number of tetrazole rings is 1. The fraction of sp³-hybridized carbons (Fsp3) is 0.250. The standard InChI is InChI=1S/C20H21N5O3/c1-3-24(17-7-5-4-6-8-17)18(26)14-28-19(27)13-25-22-20(21-23-25)16-11-9-15(2)10-12-16/h4-12H,3,13-14H2,1-2H3. The van der Waals surface area contributed by atoms with E-state index >= 15 is 0 Å². The van der Waals surface area contributed by atoms with Crippen LogP contribution >= 0.6 is 0 Å². The SMILES string of the molecule is CCN(C(=O)COC(=O)Cn1nnc(-c2ccc(C)cc2)n1)c1ccccc1. The molecule has 0 saturated carbocycles. The molecule has 0 aliphatic heterocycles. The number of ether oxygens (including phenoxy) is 1. The Bertz CT molecular complexity index is 938. The van der Waals surface area contributed by atoms with Gasteiger partial charge < -0.3 is 9.64 Å². The van der Waals surface area contributed by atoms with Crippen molar-refractivity contribution in [3.63, 3.8) is 0 Å². The van der Waals surface area contributed by atoms with Gasteiger partial charge in [-0.15, -0.1) is 10.2 Å². The number of hydrogen-bond donors (Lipinski definition) is 0. The zero-order chi connectivity index (χ0) is 19.9. The lowest BCUT2D eigenvalue weighted by atomic mass is 10.1. The predicted octanol–water partition coefficient (Wildman–Crippen LogP) is 2.24. The molecule has 0 aliphatic carbocycles. The molecule has 3 aromatic rings. The number of benzene rings is 2. The molecule has 8 heteroatoms. The first-order chi connectivity index (χ1) is 13.6. The molecule has 0 unspecified atom stereocenters. The number of carbonyl (C=O) groups excluding carboxylic acids is 2. The first-order valence-electron chi connectivity index (χ1n) is 8.92. The maximum atomic E-state index is 12.3. The van der Waals surface area contributed by atoms with Gasteiger partial charge in [-0.2, -0.15) is 4.80 Å². The van der Waals surface area contributed by atoms with Gasteiger partial charge in [0.15, 0.2) is 13.2 Å². The summed E-state index contributed by atoms with van der Waals surface area (Å²) in [6.07, 6.45) is 0. The highest BCUT2D eigenvalue weighted by Crippen LogP contribution is 2.14. The number of nitrogens with zero attached hydrogens (tertiary/aromatic N) is 5. The van der Waals surface area contributed by atoms with E-state index in [0.717, 1.165) is 21.6 Å². The number of hydrogen-bond acceptors (Lipinski definition) is 6. The lowest BCUT2D eigenvalue weighted by Gasteiger charge is -2.20. The van der Waals surface area contributed by atoms with E-state index in [1.807, 2.05) is 68.4 Å². The third-order valence-electron chi connectivity index (χ3n) is 4.07. The predicted molar refractivity (Wildman–Crippen MR) is 103 cm³/mol. The summed E-state index contributed by atoms with van der Waals surface area (Å²) in [6.45, 7) is 3.76. The van der Waals surface area contributed by atoms with Crippen molar-refractivity contribution in [2.45, 2.75) is 20.4 Å². The van der Waals surface area contributed by atoms with Crippen molar-refractivity contribution in [1.29, 1.82) is 0 Å². The molecular weight excluding hydrogens is 358 g/mol. The smallest absolute Gasteiger partial charge is 0.330 e. The quantitative estimate of drug-likeness (QED) is 0.585. The third-order valence-corrected chi connectivity index (χ3v) is 4.07. The van der Waals surface area contributed by atoms with Crippen LogP contribution in [0, 0.1) is 6.92 Å². The molecule has 0 saturated heterocycles. The maximum Gasteiger partial charge on any atom is 0.330 e. The van der Waals surface area contributed by atoms with Gasteiger partial charge in [-0.3, -0.25) is 4.79 Å². The van der Waals surface area contributed by atoms with Gasteiger partial charge >= 0.3 is 5.97 Å². The van der Waals surface area contributed by atoms with Gasteiger partial charge in [0.05, 0.1) is 0 Å². The van der Waals surface area contributed by atoms with E-state index in [4.69, 9.17) is 4.74 Å². The summed E-state index contributed by atoms with van der Waals surface area (Å²) in [4.78, 5) is 27.1. The zero-order valence-corrected chi connectivity index (χ0v) is 15.8. The molecule has 0 atom stereocenters. The number of rotatable bonds is 7. The third kappa shape index (κ3) is 4.79.